The van der Waals surface area contributed by atoms with Crippen LogP contribution >= 0.6 is 11.8 Å². The summed E-state index contributed by atoms with van der Waals surface area (Å²) in [4.78, 5) is 1.12. The molecule has 0 bridgehead atoms. The number of rotatable bonds is 6. The lowest BCUT2D eigenvalue weighted by Gasteiger charge is -2.33. The van der Waals surface area contributed by atoms with Crippen molar-refractivity contribution in [1.82, 2.24) is 0 Å². The summed E-state index contributed by atoms with van der Waals surface area (Å²) in [6, 6.07) is 10.0. The van der Waals surface area contributed by atoms with Crippen molar-refractivity contribution in [3.05, 3.63) is 30.3 Å². The Morgan fingerprint density at radius 3 is 2.25 bits per heavy atom. The predicted molar refractivity (Wildman–Crippen MR) is 68.6 cm³/mol. The molecule has 3 heteroatoms. The number of ether oxygens (including phenoxy) is 1. The van der Waals surface area contributed by atoms with E-state index in [4.69, 9.17) is 4.74 Å². The SMILES string of the molecule is CCC(O)(CC)C(OC)Sc1ccccc1. The number of benzene rings is 1. The van der Waals surface area contributed by atoms with Gasteiger partial charge in [-0.15, -0.1) is 0 Å². The molecule has 0 amide bonds. The summed E-state index contributed by atoms with van der Waals surface area (Å²) in [7, 11) is 1.65. The van der Waals surface area contributed by atoms with Gasteiger partial charge in [-0.3, -0.25) is 0 Å². The van der Waals surface area contributed by atoms with Crippen LogP contribution in [0.15, 0.2) is 35.2 Å². The van der Waals surface area contributed by atoms with Crippen LogP contribution < -0.4 is 0 Å². The zero-order valence-electron chi connectivity index (χ0n) is 10.1. The standard InChI is InChI=1S/C13H20O2S/c1-4-13(14,5-2)12(15-3)16-11-9-7-6-8-10-11/h6-10,12,14H,4-5H2,1-3H3. The van der Waals surface area contributed by atoms with Crippen LogP contribution in [0, 0.1) is 0 Å². The van der Waals surface area contributed by atoms with Gasteiger partial charge in [-0.1, -0.05) is 43.8 Å². The second kappa shape index (κ2) is 6.28. The molecule has 2 nitrogen and oxygen atoms in total. The van der Waals surface area contributed by atoms with E-state index in [1.54, 1.807) is 18.9 Å². The smallest absolute Gasteiger partial charge is 0.135 e. The Hall–Kier alpha value is -0.510. The predicted octanol–water partition coefficient (Wildman–Crippen LogP) is 3.30. The molecule has 0 aliphatic heterocycles. The molecule has 0 aliphatic rings. The molecule has 1 unspecified atom stereocenters. The van der Waals surface area contributed by atoms with Gasteiger partial charge in [-0.25, -0.2) is 0 Å². The topological polar surface area (TPSA) is 29.5 Å². The van der Waals surface area contributed by atoms with E-state index in [2.05, 4.69) is 0 Å². The first-order valence-electron chi connectivity index (χ1n) is 5.63. The molecule has 90 valence electrons. The molecule has 0 saturated heterocycles. The summed E-state index contributed by atoms with van der Waals surface area (Å²) in [5.41, 5.74) is -0.972. The molecule has 0 fully saturated rings. The van der Waals surface area contributed by atoms with Crippen molar-refractivity contribution in [3.8, 4) is 0 Å². The fourth-order valence-electron chi connectivity index (χ4n) is 1.58. The summed E-state index contributed by atoms with van der Waals surface area (Å²) in [5, 5.41) is 10.4. The van der Waals surface area contributed by atoms with E-state index >= 15 is 0 Å². The minimum Gasteiger partial charge on any atom is -0.386 e. The molecular formula is C13H20O2S. The highest BCUT2D eigenvalue weighted by atomic mass is 32.2. The quantitative estimate of drug-likeness (QED) is 0.611. The first kappa shape index (κ1) is 13.6. The van der Waals surface area contributed by atoms with E-state index in [1.165, 1.54) is 0 Å². The van der Waals surface area contributed by atoms with E-state index in [9.17, 15) is 5.11 Å². The lowest BCUT2D eigenvalue weighted by Crippen LogP contribution is -2.40. The number of hydrogen-bond acceptors (Lipinski definition) is 3. The van der Waals surface area contributed by atoms with Crippen LogP contribution in [-0.4, -0.2) is 23.3 Å². The van der Waals surface area contributed by atoms with Crippen molar-refractivity contribution in [2.45, 2.75) is 42.6 Å². The number of thioether (sulfide) groups is 1. The molecule has 1 aromatic carbocycles. The third-order valence-corrected chi connectivity index (χ3v) is 4.25. The fourth-order valence-corrected chi connectivity index (χ4v) is 2.79. The van der Waals surface area contributed by atoms with Crippen LogP contribution in [0.4, 0.5) is 0 Å². The van der Waals surface area contributed by atoms with Crippen LogP contribution in [0.1, 0.15) is 26.7 Å². The van der Waals surface area contributed by atoms with Crippen molar-refractivity contribution in [1.29, 1.82) is 0 Å². The zero-order chi connectivity index (χ0) is 12.0. The molecule has 16 heavy (non-hydrogen) atoms. The Morgan fingerprint density at radius 1 is 1.25 bits per heavy atom. The van der Waals surface area contributed by atoms with Gasteiger partial charge in [0.25, 0.3) is 0 Å². The van der Waals surface area contributed by atoms with E-state index < -0.39 is 5.60 Å². The lowest BCUT2D eigenvalue weighted by atomic mass is 9.99. The number of aliphatic hydroxyl groups is 1. The van der Waals surface area contributed by atoms with Gasteiger partial charge in [-0.2, -0.15) is 0 Å². The molecular weight excluding hydrogens is 220 g/mol. The van der Waals surface area contributed by atoms with Crippen molar-refractivity contribution in [3.63, 3.8) is 0 Å². The summed E-state index contributed by atoms with van der Waals surface area (Å²) in [6.45, 7) is 3.97. The lowest BCUT2D eigenvalue weighted by molar-refractivity contribution is -0.0549. The van der Waals surface area contributed by atoms with Crippen LogP contribution in [0.2, 0.25) is 0 Å². The molecule has 1 atom stereocenters. The summed E-state index contributed by atoms with van der Waals surface area (Å²) in [5.74, 6) is 0. The Balaban J connectivity index is 2.76. The maximum atomic E-state index is 10.4. The van der Waals surface area contributed by atoms with Gasteiger partial charge in [0, 0.05) is 12.0 Å². The van der Waals surface area contributed by atoms with Gasteiger partial charge in [0.15, 0.2) is 0 Å². The molecule has 0 spiro atoms. The fraction of sp³-hybridized carbons (Fsp3) is 0.538. The van der Waals surface area contributed by atoms with Crippen molar-refractivity contribution in [2.24, 2.45) is 0 Å². The van der Waals surface area contributed by atoms with Crippen LogP contribution in [0.25, 0.3) is 0 Å². The van der Waals surface area contributed by atoms with Crippen molar-refractivity contribution in [2.75, 3.05) is 7.11 Å². The van der Waals surface area contributed by atoms with Crippen molar-refractivity contribution >= 4 is 11.8 Å². The monoisotopic (exact) mass is 240 g/mol. The number of methoxy groups -OCH3 is 1. The molecule has 0 heterocycles. The van der Waals surface area contributed by atoms with Crippen LogP contribution in [0.5, 0.6) is 0 Å². The van der Waals surface area contributed by atoms with Gasteiger partial charge in [-0.05, 0) is 25.0 Å². The van der Waals surface area contributed by atoms with Crippen LogP contribution in [-0.2, 0) is 4.74 Å². The Labute approximate surface area is 102 Å². The Bertz CT molecular complexity index is 296. The average molecular weight is 240 g/mol. The summed E-state index contributed by atoms with van der Waals surface area (Å²) >= 11 is 1.57. The van der Waals surface area contributed by atoms with Gasteiger partial charge in [0.05, 0.1) is 5.60 Å². The number of hydrogen-bond donors (Lipinski definition) is 1. The highest BCUT2D eigenvalue weighted by molar-refractivity contribution is 7.99. The minimum atomic E-state index is -0.755. The Morgan fingerprint density at radius 2 is 1.81 bits per heavy atom. The van der Waals surface area contributed by atoms with E-state index in [1.807, 2.05) is 44.2 Å². The minimum absolute atomic E-state index is 0.218. The first-order chi connectivity index (χ1) is 7.66. The van der Waals surface area contributed by atoms with Crippen molar-refractivity contribution < 1.29 is 9.84 Å². The summed E-state index contributed by atoms with van der Waals surface area (Å²) in [6.07, 6.45) is 1.39. The van der Waals surface area contributed by atoms with E-state index in [-0.39, 0.29) is 5.44 Å². The second-order valence-electron chi connectivity index (χ2n) is 3.81. The molecule has 1 rings (SSSR count). The maximum absolute atomic E-state index is 10.4. The first-order valence-corrected chi connectivity index (χ1v) is 6.51. The molecule has 1 N–H and O–H groups in total. The molecule has 0 aliphatic carbocycles. The van der Waals surface area contributed by atoms with Gasteiger partial charge >= 0.3 is 0 Å². The second-order valence-corrected chi connectivity index (χ2v) is 4.94. The molecule has 1 aromatic rings. The molecule has 0 aromatic heterocycles. The normalized spacial score (nSPS) is 13.8. The highest BCUT2D eigenvalue weighted by Gasteiger charge is 2.34. The third-order valence-electron chi connectivity index (χ3n) is 2.86. The Kier molecular flexibility index (Phi) is 5.32. The molecule has 0 saturated carbocycles. The van der Waals surface area contributed by atoms with E-state index in [0.29, 0.717) is 12.8 Å². The average Bonchev–Trinajstić information content (AvgIpc) is 2.36. The molecule has 0 radical (unpaired) electrons. The van der Waals surface area contributed by atoms with Gasteiger partial charge < -0.3 is 9.84 Å². The third kappa shape index (κ3) is 3.24. The van der Waals surface area contributed by atoms with Gasteiger partial charge in [0.2, 0.25) is 0 Å². The van der Waals surface area contributed by atoms with E-state index in [0.717, 1.165) is 4.90 Å². The van der Waals surface area contributed by atoms with Gasteiger partial charge in [0.1, 0.15) is 5.44 Å². The zero-order valence-corrected chi connectivity index (χ0v) is 11.0. The maximum Gasteiger partial charge on any atom is 0.135 e. The van der Waals surface area contributed by atoms with Crippen LogP contribution in [0.3, 0.4) is 0 Å². The highest BCUT2D eigenvalue weighted by Crippen LogP contribution is 2.34. The largest absolute Gasteiger partial charge is 0.386 e. The summed E-state index contributed by atoms with van der Waals surface area (Å²) < 4.78 is 5.41.